The van der Waals surface area contributed by atoms with E-state index in [1.54, 1.807) is 0 Å². The van der Waals surface area contributed by atoms with Gasteiger partial charge in [0.15, 0.2) is 5.82 Å². The van der Waals surface area contributed by atoms with Gasteiger partial charge in [-0.15, -0.1) is 0 Å². The molecule has 3 rings (SSSR count). The van der Waals surface area contributed by atoms with Crippen molar-refractivity contribution < 1.29 is 9.53 Å². The van der Waals surface area contributed by atoms with Crippen molar-refractivity contribution in [3.63, 3.8) is 0 Å². The van der Waals surface area contributed by atoms with Gasteiger partial charge in [-0.25, -0.2) is 4.98 Å². The predicted octanol–water partition coefficient (Wildman–Crippen LogP) is 2.79. The Morgan fingerprint density at radius 3 is 2.44 bits per heavy atom. The largest absolute Gasteiger partial charge is 0.493 e. The third-order valence-electron chi connectivity index (χ3n) is 3.65. The van der Waals surface area contributed by atoms with Gasteiger partial charge in [-0.1, -0.05) is 48.5 Å². The molecule has 0 bridgehead atoms. The third kappa shape index (κ3) is 4.67. The molecule has 0 aliphatic rings. The SMILES string of the molecule is Cc1nc([C@H](NC(=O)CCOc2ccccc2)c2ccccc2)n[nH]1. The van der Waals surface area contributed by atoms with Gasteiger partial charge in [0, 0.05) is 0 Å². The highest BCUT2D eigenvalue weighted by Gasteiger charge is 2.20. The molecule has 1 atom stereocenters. The summed E-state index contributed by atoms with van der Waals surface area (Å²) in [5.41, 5.74) is 0.929. The number of H-pyrrole nitrogens is 1. The molecule has 128 valence electrons. The highest BCUT2D eigenvalue weighted by atomic mass is 16.5. The van der Waals surface area contributed by atoms with Crippen LogP contribution in [0.2, 0.25) is 0 Å². The Balaban J connectivity index is 1.63. The Bertz CT molecular complexity index is 803. The number of carbonyl (C=O) groups excluding carboxylic acids is 1. The first-order valence-electron chi connectivity index (χ1n) is 8.13. The predicted molar refractivity (Wildman–Crippen MR) is 94.1 cm³/mol. The molecular weight excluding hydrogens is 316 g/mol. The fourth-order valence-corrected chi connectivity index (χ4v) is 2.44. The first-order chi connectivity index (χ1) is 12.2. The lowest BCUT2D eigenvalue weighted by atomic mass is 10.1. The number of para-hydroxylation sites is 1. The van der Waals surface area contributed by atoms with E-state index in [0.29, 0.717) is 18.3 Å². The van der Waals surface area contributed by atoms with Crippen LogP contribution < -0.4 is 10.1 Å². The van der Waals surface area contributed by atoms with Crippen LogP contribution in [0.1, 0.15) is 29.7 Å². The molecule has 6 nitrogen and oxygen atoms in total. The summed E-state index contributed by atoms with van der Waals surface area (Å²) in [6.45, 7) is 2.14. The summed E-state index contributed by atoms with van der Waals surface area (Å²) in [4.78, 5) is 16.7. The van der Waals surface area contributed by atoms with Crippen LogP contribution in [0.5, 0.6) is 5.75 Å². The van der Waals surface area contributed by atoms with Crippen LogP contribution in [0.25, 0.3) is 0 Å². The van der Waals surface area contributed by atoms with Crippen molar-refractivity contribution in [1.82, 2.24) is 20.5 Å². The van der Waals surface area contributed by atoms with Crippen molar-refractivity contribution in [2.45, 2.75) is 19.4 Å². The molecule has 0 saturated heterocycles. The van der Waals surface area contributed by atoms with E-state index in [1.807, 2.05) is 67.6 Å². The molecule has 0 aliphatic heterocycles. The van der Waals surface area contributed by atoms with Crippen molar-refractivity contribution in [2.24, 2.45) is 0 Å². The number of benzene rings is 2. The summed E-state index contributed by atoms with van der Waals surface area (Å²) in [6.07, 6.45) is 0.252. The van der Waals surface area contributed by atoms with Crippen molar-refractivity contribution >= 4 is 5.91 Å². The molecule has 2 N–H and O–H groups in total. The minimum absolute atomic E-state index is 0.118. The zero-order chi connectivity index (χ0) is 17.5. The second-order valence-electron chi connectivity index (χ2n) is 5.60. The van der Waals surface area contributed by atoms with Crippen LogP contribution in [0.3, 0.4) is 0 Å². The lowest BCUT2D eigenvalue weighted by Crippen LogP contribution is -2.31. The number of rotatable bonds is 7. The molecule has 6 heteroatoms. The van der Waals surface area contributed by atoms with E-state index in [9.17, 15) is 4.79 Å². The average molecular weight is 336 g/mol. The maximum atomic E-state index is 12.3. The number of nitrogens with one attached hydrogen (secondary N) is 2. The van der Waals surface area contributed by atoms with Gasteiger partial charge >= 0.3 is 0 Å². The van der Waals surface area contributed by atoms with Crippen LogP contribution in [0.4, 0.5) is 0 Å². The Hall–Kier alpha value is -3.15. The molecule has 1 amide bonds. The number of hydrogen-bond acceptors (Lipinski definition) is 4. The number of aromatic nitrogens is 3. The van der Waals surface area contributed by atoms with Crippen molar-refractivity contribution in [2.75, 3.05) is 6.61 Å². The number of aryl methyl sites for hydroxylation is 1. The van der Waals surface area contributed by atoms with E-state index < -0.39 is 6.04 Å². The fourth-order valence-electron chi connectivity index (χ4n) is 2.44. The number of carbonyl (C=O) groups is 1. The molecule has 1 heterocycles. The molecule has 0 saturated carbocycles. The van der Waals surface area contributed by atoms with Crippen LogP contribution in [0, 0.1) is 6.92 Å². The van der Waals surface area contributed by atoms with Gasteiger partial charge in [0.2, 0.25) is 5.91 Å². The van der Waals surface area contributed by atoms with Gasteiger partial charge < -0.3 is 10.1 Å². The normalized spacial score (nSPS) is 11.7. The Morgan fingerprint density at radius 2 is 1.80 bits per heavy atom. The van der Waals surface area contributed by atoms with Gasteiger partial charge in [-0.3, -0.25) is 9.89 Å². The van der Waals surface area contributed by atoms with Crippen molar-refractivity contribution in [3.8, 4) is 5.75 Å². The first-order valence-corrected chi connectivity index (χ1v) is 8.13. The maximum absolute atomic E-state index is 12.3. The highest BCUT2D eigenvalue weighted by Crippen LogP contribution is 2.19. The number of amides is 1. The van der Waals surface area contributed by atoms with Crippen LogP contribution in [-0.4, -0.2) is 27.7 Å². The molecule has 3 aromatic rings. The van der Waals surface area contributed by atoms with Crippen LogP contribution in [-0.2, 0) is 4.79 Å². The number of ether oxygens (including phenoxy) is 1. The molecule has 25 heavy (non-hydrogen) atoms. The lowest BCUT2D eigenvalue weighted by Gasteiger charge is -2.16. The second-order valence-corrected chi connectivity index (χ2v) is 5.60. The van der Waals surface area contributed by atoms with Crippen molar-refractivity contribution in [1.29, 1.82) is 0 Å². The Labute approximate surface area is 146 Å². The van der Waals surface area contributed by atoms with Crippen molar-refractivity contribution in [3.05, 3.63) is 77.9 Å². The summed E-state index contributed by atoms with van der Waals surface area (Å²) < 4.78 is 5.58. The molecular formula is C19H20N4O2. The molecule has 0 fully saturated rings. The molecule has 0 unspecified atom stereocenters. The van der Waals surface area contributed by atoms with Gasteiger partial charge in [0.25, 0.3) is 0 Å². The quantitative estimate of drug-likeness (QED) is 0.695. The van der Waals surface area contributed by atoms with Gasteiger partial charge in [-0.05, 0) is 24.6 Å². The maximum Gasteiger partial charge on any atom is 0.224 e. The number of nitrogens with zero attached hydrogens (tertiary/aromatic N) is 2. The van der Waals surface area contributed by atoms with Gasteiger partial charge in [0.05, 0.1) is 13.0 Å². The van der Waals surface area contributed by atoms with E-state index in [-0.39, 0.29) is 12.3 Å². The Morgan fingerprint density at radius 1 is 1.12 bits per heavy atom. The molecule has 1 aromatic heterocycles. The minimum atomic E-state index is -0.393. The number of aromatic amines is 1. The smallest absolute Gasteiger partial charge is 0.224 e. The van der Waals surface area contributed by atoms with E-state index >= 15 is 0 Å². The van der Waals surface area contributed by atoms with E-state index in [0.717, 1.165) is 11.3 Å². The zero-order valence-corrected chi connectivity index (χ0v) is 14.0. The fraction of sp³-hybridized carbons (Fsp3) is 0.211. The Kier molecular flexibility index (Phi) is 5.41. The van der Waals surface area contributed by atoms with Crippen LogP contribution in [0.15, 0.2) is 60.7 Å². The molecule has 2 aromatic carbocycles. The summed E-state index contributed by atoms with van der Waals surface area (Å²) >= 11 is 0. The van der Waals surface area contributed by atoms with Crippen LogP contribution >= 0.6 is 0 Å². The van der Waals surface area contributed by atoms with Gasteiger partial charge in [-0.2, -0.15) is 5.10 Å². The summed E-state index contributed by atoms with van der Waals surface area (Å²) in [7, 11) is 0. The topological polar surface area (TPSA) is 79.9 Å². The summed E-state index contributed by atoms with van der Waals surface area (Å²) in [5, 5.41) is 10.00. The first kappa shape index (κ1) is 16.7. The average Bonchev–Trinajstić information content (AvgIpc) is 3.07. The molecule has 0 radical (unpaired) electrons. The van der Waals surface area contributed by atoms with E-state index in [1.165, 1.54) is 0 Å². The lowest BCUT2D eigenvalue weighted by molar-refractivity contribution is -0.122. The van der Waals surface area contributed by atoms with Gasteiger partial charge in [0.1, 0.15) is 17.6 Å². The summed E-state index contributed by atoms with van der Waals surface area (Å²) in [5.74, 6) is 1.88. The van der Waals surface area contributed by atoms with E-state index in [2.05, 4.69) is 20.5 Å². The molecule has 0 aliphatic carbocycles. The minimum Gasteiger partial charge on any atom is -0.493 e. The monoisotopic (exact) mass is 336 g/mol. The second kappa shape index (κ2) is 8.10. The highest BCUT2D eigenvalue weighted by molar-refractivity contribution is 5.77. The molecule has 0 spiro atoms. The number of hydrogen-bond donors (Lipinski definition) is 2. The zero-order valence-electron chi connectivity index (χ0n) is 14.0. The van der Waals surface area contributed by atoms with E-state index in [4.69, 9.17) is 4.74 Å². The standard InChI is InChI=1S/C19H20N4O2/c1-14-20-19(23-22-14)18(15-8-4-2-5-9-15)21-17(24)12-13-25-16-10-6-3-7-11-16/h2-11,18H,12-13H2,1H3,(H,21,24)(H,20,22,23)/t18-/m1/s1. The third-order valence-corrected chi connectivity index (χ3v) is 3.65. The summed E-state index contributed by atoms with van der Waals surface area (Å²) in [6, 6.07) is 18.7.